The third kappa shape index (κ3) is 22.4. The van der Waals surface area contributed by atoms with Gasteiger partial charge >= 0.3 is 28.8 Å². The van der Waals surface area contributed by atoms with Crippen molar-refractivity contribution in [2.24, 2.45) is 0 Å². The molecule has 0 aromatic carbocycles. The molecule has 0 aromatic rings. The summed E-state index contributed by atoms with van der Waals surface area (Å²) in [5.74, 6) is -8.74. The van der Waals surface area contributed by atoms with E-state index in [4.69, 9.17) is 39.6 Å². The molecule has 70 valence electrons. The van der Waals surface area contributed by atoms with Crippen molar-refractivity contribution in [2.45, 2.75) is 0 Å². The standard InChI is InChI=1S/2C2H2O4.Li.P/c2*3-1(4)2(5)6;;/h2*(H,3,4)(H,5,6);;/q;;+1;+3/p-4. The van der Waals surface area contributed by atoms with Gasteiger partial charge in [0, 0.05) is 0 Å². The summed E-state index contributed by atoms with van der Waals surface area (Å²) in [6, 6.07) is 0. The maximum atomic E-state index is 8.93. The average molecular weight is 214 g/mol. The zero-order chi connectivity index (χ0) is 10.3. The molecule has 14 heavy (non-hydrogen) atoms. The molecule has 0 N–H and O–H groups in total. The number of rotatable bonds is 0. The number of aliphatic carboxylic acids is 4. The molecule has 0 aromatic heterocycles. The van der Waals surface area contributed by atoms with Gasteiger partial charge < -0.3 is 39.6 Å². The van der Waals surface area contributed by atoms with Gasteiger partial charge in [0.1, 0.15) is 0 Å². The van der Waals surface area contributed by atoms with Crippen LogP contribution in [0.5, 0.6) is 0 Å². The molecule has 0 aliphatic heterocycles. The number of hydrogen-bond acceptors (Lipinski definition) is 8. The SMILES string of the molecule is O=C([O-])C(=O)[O-].O=C([O-])C(=O)[O-].[Li+].[P+3]. The van der Waals surface area contributed by atoms with Crippen molar-refractivity contribution in [3.05, 3.63) is 0 Å². The second-order valence-electron chi connectivity index (χ2n) is 1.15. The third-order valence-corrected chi connectivity index (χ3v) is 0.333. The summed E-state index contributed by atoms with van der Waals surface area (Å²) in [4.78, 5) is 35.7. The fourth-order valence-electron chi connectivity index (χ4n) is 0. The molecule has 10 heteroatoms. The smallest absolute Gasteiger partial charge is 0.543 e. The fraction of sp³-hybridized carbons (Fsp3) is 0. The molecule has 8 nitrogen and oxygen atoms in total. The summed E-state index contributed by atoms with van der Waals surface area (Å²) in [5, 5.41) is 35.7. The van der Waals surface area contributed by atoms with Crippen molar-refractivity contribution in [3.63, 3.8) is 0 Å². The van der Waals surface area contributed by atoms with Gasteiger partial charge in [0.15, 0.2) is 0 Å². The van der Waals surface area contributed by atoms with Crippen LogP contribution in [0.15, 0.2) is 0 Å². The van der Waals surface area contributed by atoms with E-state index < -0.39 is 23.9 Å². The number of carboxylic acids is 4. The molecule has 0 bridgehead atoms. The van der Waals surface area contributed by atoms with Crippen molar-refractivity contribution in [1.82, 2.24) is 0 Å². The molecule has 0 aliphatic carbocycles. The van der Waals surface area contributed by atoms with Crippen molar-refractivity contribution in [1.29, 1.82) is 0 Å². The minimum Gasteiger partial charge on any atom is -0.543 e. The van der Waals surface area contributed by atoms with Crippen molar-refractivity contribution >= 4 is 33.8 Å². The summed E-state index contributed by atoms with van der Waals surface area (Å²) < 4.78 is 0. The second kappa shape index (κ2) is 11.9. The van der Waals surface area contributed by atoms with Gasteiger partial charge in [0.25, 0.3) is 0 Å². The summed E-state index contributed by atoms with van der Waals surface area (Å²) in [6.45, 7) is 0. The first kappa shape index (κ1) is 23.1. The molecular weight excluding hydrogens is 214 g/mol. The topological polar surface area (TPSA) is 161 Å². The van der Waals surface area contributed by atoms with E-state index in [0.717, 1.165) is 0 Å². The first-order chi connectivity index (χ1) is 5.29. The number of carboxylic acid groups (broad SMARTS) is 4. The van der Waals surface area contributed by atoms with E-state index in [0.29, 0.717) is 0 Å². The van der Waals surface area contributed by atoms with Crippen LogP contribution in [0.3, 0.4) is 0 Å². The molecule has 0 saturated carbocycles. The first-order valence-corrected chi connectivity index (χ1v) is 2.13. The fourth-order valence-corrected chi connectivity index (χ4v) is 0. The van der Waals surface area contributed by atoms with Crippen LogP contribution in [0.4, 0.5) is 0 Å². The zero-order valence-electron chi connectivity index (χ0n) is 6.71. The van der Waals surface area contributed by atoms with Gasteiger partial charge in [-0.25, -0.2) is 0 Å². The Labute approximate surface area is 92.7 Å². The van der Waals surface area contributed by atoms with Crippen LogP contribution in [0, 0.1) is 0 Å². The normalized spacial score (nSPS) is 6.29. The van der Waals surface area contributed by atoms with Crippen LogP contribution >= 0.6 is 9.90 Å². The summed E-state index contributed by atoms with van der Waals surface area (Å²) in [7, 11) is 0. The van der Waals surface area contributed by atoms with Gasteiger partial charge in [-0.15, -0.1) is 0 Å². The van der Waals surface area contributed by atoms with Gasteiger partial charge in [-0.2, -0.15) is 0 Å². The molecule has 0 heterocycles. The Morgan fingerprint density at radius 1 is 0.571 bits per heavy atom. The maximum absolute atomic E-state index is 8.93. The largest absolute Gasteiger partial charge is 3.00 e. The van der Waals surface area contributed by atoms with Gasteiger partial charge in [0.05, 0.1) is 23.9 Å². The van der Waals surface area contributed by atoms with Crippen molar-refractivity contribution in [2.75, 3.05) is 0 Å². The number of carbonyl (C=O) groups excluding carboxylic acids is 4. The maximum Gasteiger partial charge on any atom is 3.00 e. The van der Waals surface area contributed by atoms with E-state index in [-0.39, 0.29) is 28.8 Å². The molecule has 0 fully saturated rings. The van der Waals surface area contributed by atoms with E-state index >= 15 is 0 Å². The molecule has 0 atom stereocenters. The Morgan fingerprint density at radius 3 is 0.643 bits per heavy atom. The summed E-state index contributed by atoms with van der Waals surface area (Å²) in [5.41, 5.74) is 0. The molecule has 0 unspecified atom stereocenters. The first-order valence-electron chi connectivity index (χ1n) is 2.13. The Balaban J connectivity index is -0.0000000625. The van der Waals surface area contributed by atoms with E-state index in [1.54, 1.807) is 0 Å². The Hall–Kier alpha value is -1.09. The minimum atomic E-state index is -2.19. The van der Waals surface area contributed by atoms with Gasteiger partial charge in [-0.3, -0.25) is 0 Å². The van der Waals surface area contributed by atoms with Gasteiger partial charge in [0.2, 0.25) is 0 Å². The Bertz CT molecular complexity index is 177. The predicted molar refractivity (Wildman–Crippen MR) is 26.9 cm³/mol. The van der Waals surface area contributed by atoms with Gasteiger partial charge in [-0.1, -0.05) is 0 Å². The quantitative estimate of drug-likeness (QED) is 0.218. The van der Waals surface area contributed by atoms with Crippen LogP contribution < -0.4 is 39.3 Å². The molecule has 0 amide bonds. The predicted octanol–water partition coefficient (Wildman–Crippen LogP) is -9.16. The van der Waals surface area contributed by atoms with Crippen LogP contribution in [-0.2, 0) is 19.2 Å². The van der Waals surface area contributed by atoms with Crippen LogP contribution in [0.25, 0.3) is 0 Å². The Morgan fingerprint density at radius 2 is 0.643 bits per heavy atom. The molecule has 0 aliphatic rings. The van der Waals surface area contributed by atoms with Gasteiger partial charge in [-0.05, 0) is 0 Å². The second-order valence-corrected chi connectivity index (χ2v) is 1.15. The van der Waals surface area contributed by atoms with Crippen molar-refractivity contribution < 1.29 is 58.5 Å². The number of carbonyl (C=O) groups is 4. The monoisotopic (exact) mass is 214 g/mol. The molecule has 0 spiro atoms. The molecule has 2 radical (unpaired) electrons. The molecular formula is C4LiO8P. The van der Waals surface area contributed by atoms with Crippen molar-refractivity contribution in [3.8, 4) is 0 Å². The average Bonchev–Trinajstić information content (AvgIpc) is 1.88. The van der Waals surface area contributed by atoms with E-state index in [2.05, 4.69) is 0 Å². The minimum absolute atomic E-state index is 0. The zero-order valence-corrected chi connectivity index (χ0v) is 7.61. The summed E-state index contributed by atoms with van der Waals surface area (Å²) in [6.07, 6.45) is 0. The van der Waals surface area contributed by atoms with Crippen LogP contribution in [0.2, 0.25) is 0 Å². The third-order valence-electron chi connectivity index (χ3n) is 0.333. The van der Waals surface area contributed by atoms with E-state index in [1.807, 2.05) is 0 Å². The van der Waals surface area contributed by atoms with E-state index in [1.165, 1.54) is 0 Å². The molecule has 0 rings (SSSR count). The van der Waals surface area contributed by atoms with Crippen LogP contribution in [-0.4, -0.2) is 23.9 Å². The van der Waals surface area contributed by atoms with E-state index in [9.17, 15) is 0 Å². The summed E-state index contributed by atoms with van der Waals surface area (Å²) >= 11 is 0. The van der Waals surface area contributed by atoms with Crippen LogP contribution in [0.1, 0.15) is 0 Å². The number of hydrogen-bond donors (Lipinski definition) is 0. The Kier molecular flexibility index (Phi) is 19.6. The molecule has 0 saturated heterocycles.